The molecule has 1 amide bonds. The highest BCUT2D eigenvalue weighted by atomic mass is 16.5. The number of aliphatic hydroxyl groups excluding tert-OH is 2. The molecule has 3 N–H and O–H groups in total. The van der Waals surface area contributed by atoms with E-state index in [0.717, 1.165) is 51.4 Å². The number of carbonyl (C=O) groups is 2. The van der Waals surface area contributed by atoms with Gasteiger partial charge in [0, 0.05) is 12.8 Å². The zero-order valence-electron chi connectivity index (χ0n) is 58.8. The molecular formula is C81H153NO5. The molecular weight excluding hydrogens is 1070 g/mol. The van der Waals surface area contributed by atoms with Gasteiger partial charge in [0.05, 0.1) is 25.4 Å². The van der Waals surface area contributed by atoms with Gasteiger partial charge in [0.1, 0.15) is 0 Å². The molecule has 0 aromatic carbocycles. The van der Waals surface area contributed by atoms with E-state index < -0.39 is 12.1 Å². The van der Waals surface area contributed by atoms with Crippen LogP contribution in [0.1, 0.15) is 431 Å². The van der Waals surface area contributed by atoms with E-state index in [1.54, 1.807) is 6.08 Å². The van der Waals surface area contributed by atoms with Crippen LogP contribution in [0.2, 0.25) is 0 Å². The quantitative estimate of drug-likeness (QED) is 0.0320. The van der Waals surface area contributed by atoms with E-state index in [0.29, 0.717) is 19.4 Å². The summed E-state index contributed by atoms with van der Waals surface area (Å²) >= 11 is 0. The van der Waals surface area contributed by atoms with Gasteiger partial charge >= 0.3 is 5.97 Å². The van der Waals surface area contributed by atoms with E-state index >= 15 is 0 Å². The molecule has 0 spiro atoms. The van der Waals surface area contributed by atoms with Crippen LogP contribution in [-0.4, -0.2) is 47.4 Å². The summed E-state index contributed by atoms with van der Waals surface area (Å²) in [5, 5.41) is 23.2. The molecule has 6 nitrogen and oxygen atoms in total. The molecule has 0 bridgehead atoms. The Labute approximate surface area is 544 Å². The number of ether oxygens (including phenoxy) is 1. The first-order valence-electron chi connectivity index (χ1n) is 39.4. The number of amides is 1. The molecule has 0 rings (SSSR count). The van der Waals surface area contributed by atoms with E-state index in [9.17, 15) is 19.8 Å². The number of hydrogen-bond donors (Lipinski definition) is 3. The van der Waals surface area contributed by atoms with Gasteiger partial charge in [-0.15, -0.1) is 0 Å². The van der Waals surface area contributed by atoms with Crippen molar-refractivity contribution < 1.29 is 24.5 Å². The normalized spacial score (nSPS) is 12.7. The third-order valence-corrected chi connectivity index (χ3v) is 18.3. The molecule has 0 saturated carbocycles. The molecule has 87 heavy (non-hydrogen) atoms. The van der Waals surface area contributed by atoms with E-state index in [1.807, 2.05) is 6.08 Å². The standard InChI is InChI=1S/C81H153NO5/c1-3-5-7-9-11-13-15-17-19-47-51-55-59-63-67-71-75-81(86)87-76-72-68-64-60-56-52-48-44-42-40-38-36-34-32-30-28-26-24-22-20-21-23-25-27-29-31-33-35-37-39-41-43-46-50-54-58-62-66-70-74-80(85)82-78(77-83)79(84)73-69-65-61-57-53-49-45-18-16-14-12-10-8-6-4-2/h13,15,19-21,47,69,73,78-79,83-84H,3-12,14,16-18,22-46,48-68,70-72,74-77H2,1-2H3,(H,82,85)/b15-13-,21-20-,47-19-,73-69+. The Balaban J connectivity index is 3.33. The maximum atomic E-state index is 12.5. The summed E-state index contributed by atoms with van der Waals surface area (Å²) in [4.78, 5) is 24.6. The Kier molecular flexibility index (Phi) is 74.4. The van der Waals surface area contributed by atoms with Crippen molar-refractivity contribution in [2.75, 3.05) is 13.2 Å². The molecule has 512 valence electrons. The lowest BCUT2D eigenvalue weighted by Gasteiger charge is -2.20. The molecule has 2 atom stereocenters. The zero-order chi connectivity index (χ0) is 62.8. The second kappa shape index (κ2) is 76.3. The summed E-state index contributed by atoms with van der Waals surface area (Å²) < 4.78 is 5.50. The largest absolute Gasteiger partial charge is 0.466 e. The summed E-state index contributed by atoms with van der Waals surface area (Å²) in [5.74, 6) is -0.0521. The number of hydrogen-bond acceptors (Lipinski definition) is 5. The van der Waals surface area contributed by atoms with Gasteiger partial charge in [-0.25, -0.2) is 0 Å². The Morgan fingerprint density at radius 3 is 0.897 bits per heavy atom. The van der Waals surface area contributed by atoms with Crippen molar-refractivity contribution >= 4 is 11.9 Å². The summed E-state index contributed by atoms with van der Waals surface area (Å²) in [7, 11) is 0. The van der Waals surface area contributed by atoms with Crippen LogP contribution in [0.5, 0.6) is 0 Å². The summed E-state index contributed by atoms with van der Waals surface area (Å²) in [6.45, 7) is 4.91. The number of esters is 1. The first-order chi connectivity index (χ1) is 43.0. The lowest BCUT2D eigenvalue weighted by Crippen LogP contribution is -2.45. The van der Waals surface area contributed by atoms with Crippen LogP contribution in [0.3, 0.4) is 0 Å². The molecule has 0 aliphatic carbocycles. The molecule has 6 heteroatoms. The van der Waals surface area contributed by atoms with Crippen LogP contribution >= 0.6 is 0 Å². The minimum atomic E-state index is -0.841. The minimum Gasteiger partial charge on any atom is -0.466 e. The molecule has 0 aliphatic rings. The van der Waals surface area contributed by atoms with Gasteiger partial charge in [0.25, 0.3) is 0 Å². The number of aliphatic hydroxyl groups is 2. The number of carbonyl (C=O) groups excluding carboxylic acids is 2. The Hall–Kier alpha value is -2.18. The van der Waals surface area contributed by atoms with Crippen LogP contribution in [0, 0.1) is 0 Å². The number of unbranched alkanes of at least 4 members (excludes halogenated alkanes) is 57. The summed E-state index contributed by atoms with van der Waals surface area (Å²) in [5.41, 5.74) is 0. The topological polar surface area (TPSA) is 95.9 Å². The fourth-order valence-electron chi connectivity index (χ4n) is 12.3. The highest BCUT2D eigenvalue weighted by molar-refractivity contribution is 5.76. The van der Waals surface area contributed by atoms with Crippen molar-refractivity contribution in [1.82, 2.24) is 5.32 Å². The Morgan fingerprint density at radius 1 is 0.322 bits per heavy atom. The average molecular weight is 1220 g/mol. The molecule has 2 unspecified atom stereocenters. The predicted octanol–water partition coefficient (Wildman–Crippen LogP) is 26.0. The minimum absolute atomic E-state index is 0.00909. The molecule has 0 radical (unpaired) electrons. The highest BCUT2D eigenvalue weighted by Gasteiger charge is 2.18. The third kappa shape index (κ3) is 72.8. The Morgan fingerprint density at radius 2 is 0.575 bits per heavy atom. The SMILES string of the molecule is CCCCCC/C=C\C/C=C\CCCCCCCC(=O)OCCCCCCCCCCCCCCCCCCCC/C=C\CCCCCCCCCCCCCCCCCCCC(=O)NC(CO)C(O)/C=C/CCCCCCCCCCCCCCC. The summed E-state index contributed by atoms with van der Waals surface area (Å²) in [6.07, 6.45) is 101. The number of allylic oxidation sites excluding steroid dienone is 7. The van der Waals surface area contributed by atoms with Gasteiger partial charge in [0.15, 0.2) is 0 Å². The van der Waals surface area contributed by atoms with Gasteiger partial charge in [-0.2, -0.15) is 0 Å². The van der Waals surface area contributed by atoms with Crippen molar-refractivity contribution in [2.45, 2.75) is 443 Å². The van der Waals surface area contributed by atoms with Crippen LogP contribution in [0.25, 0.3) is 0 Å². The smallest absolute Gasteiger partial charge is 0.305 e. The van der Waals surface area contributed by atoms with Gasteiger partial charge in [-0.3, -0.25) is 9.59 Å². The van der Waals surface area contributed by atoms with Crippen LogP contribution in [-0.2, 0) is 14.3 Å². The van der Waals surface area contributed by atoms with Gasteiger partial charge < -0.3 is 20.3 Å². The zero-order valence-corrected chi connectivity index (χ0v) is 58.8. The Bertz CT molecular complexity index is 1450. The maximum absolute atomic E-state index is 12.5. The van der Waals surface area contributed by atoms with Crippen molar-refractivity contribution in [1.29, 1.82) is 0 Å². The van der Waals surface area contributed by atoms with Gasteiger partial charge in [0.2, 0.25) is 5.91 Å². The van der Waals surface area contributed by atoms with E-state index in [2.05, 4.69) is 55.6 Å². The van der Waals surface area contributed by atoms with Crippen molar-refractivity contribution in [3.63, 3.8) is 0 Å². The highest BCUT2D eigenvalue weighted by Crippen LogP contribution is 2.19. The molecule has 0 aromatic rings. The summed E-state index contributed by atoms with van der Waals surface area (Å²) in [6, 6.07) is -0.625. The predicted molar refractivity (Wildman–Crippen MR) is 384 cm³/mol. The first-order valence-corrected chi connectivity index (χ1v) is 39.4. The number of rotatable bonds is 74. The van der Waals surface area contributed by atoms with Crippen molar-refractivity contribution in [3.05, 3.63) is 48.6 Å². The van der Waals surface area contributed by atoms with Gasteiger partial charge in [-0.1, -0.05) is 377 Å². The van der Waals surface area contributed by atoms with Crippen LogP contribution in [0.15, 0.2) is 48.6 Å². The van der Waals surface area contributed by atoms with Crippen molar-refractivity contribution in [3.8, 4) is 0 Å². The molecule has 0 saturated heterocycles. The third-order valence-electron chi connectivity index (χ3n) is 18.3. The monoisotopic (exact) mass is 1220 g/mol. The average Bonchev–Trinajstić information content (AvgIpc) is 3.56. The fraction of sp³-hybridized carbons (Fsp3) is 0.877. The van der Waals surface area contributed by atoms with E-state index in [-0.39, 0.29) is 18.5 Å². The van der Waals surface area contributed by atoms with Gasteiger partial charge in [-0.05, 0) is 89.9 Å². The molecule has 0 heterocycles. The first kappa shape index (κ1) is 84.8. The van der Waals surface area contributed by atoms with Crippen molar-refractivity contribution in [2.24, 2.45) is 0 Å². The number of nitrogens with one attached hydrogen (secondary N) is 1. The second-order valence-electron chi connectivity index (χ2n) is 27.0. The molecule has 0 aliphatic heterocycles. The molecule has 0 aromatic heterocycles. The second-order valence-corrected chi connectivity index (χ2v) is 27.0. The van der Waals surface area contributed by atoms with Crippen LogP contribution in [0.4, 0.5) is 0 Å². The van der Waals surface area contributed by atoms with E-state index in [4.69, 9.17) is 4.74 Å². The lowest BCUT2D eigenvalue weighted by atomic mass is 10.0. The van der Waals surface area contributed by atoms with E-state index in [1.165, 1.54) is 353 Å². The maximum Gasteiger partial charge on any atom is 0.305 e. The molecule has 0 fully saturated rings. The lowest BCUT2D eigenvalue weighted by molar-refractivity contribution is -0.143. The van der Waals surface area contributed by atoms with Crippen LogP contribution < -0.4 is 5.32 Å². The fourth-order valence-corrected chi connectivity index (χ4v) is 12.3.